The molecule has 2 rings (SSSR count). The molecule has 1 aliphatic heterocycles. The van der Waals surface area contributed by atoms with Crippen LogP contribution in [0, 0.1) is 5.82 Å². The van der Waals surface area contributed by atoms with Gasteiger partial charge >= 0.3 is 0 Å². The van der Waals surface area contributed by atoms with Gasteiger partial charge in [0.1, 0.15) is 0 Å². The minimum absolute atomic E-state index is 0. The van der Waals surface area contributed by atoms with Crippen molar-refractivity contribution >= 4 is 12.4 Å². The molecule has 0 aliphatic carbocycles. The van der Waals surface area contributed by atoms with E-state index in [0.717, 1.165) is 18.5 Å². The number of halogens is 2. The van der Waals surface area contributed by atoms with Crippen molar-refractivity contribution in [3.05, 3.63) is 29.6 Å². The molecule has 0 saturated carbocycles. The summed E-state index contributed by atoms with van der Waals surface area (Å²) < 4.78 is 18.5. The maximum Gasteiger partial charge on any atom is 0.165 e. The van der Waals surface area contributed by atoms with Crippen molar-refractivity contribution in [2.75, 3.05) is 13.7 Å². The Balaban J connectivity index is 0.00000128. The third kappa shape index (κ3) is 2.86. The fourth-order valence-corrected chi connectivity index (χ4v) is 2.14. The van der Waals surface area contributed by atoms with Gasteiger partial charge in [0.15, 0.2) is 11.6 Å². The predicted octanol–water partition coefficient (Wildman–Crippen LogP) is 2.55. The van der Waals surface area contributed by atoms with Crippen molar-refractivity contribution in [3.8, 4) is 5.75 Å². The minimum atomic E-state index is -0.270. The average molecular weight is 246 g/mol. The molecule has 1 atom stereocenters. The number of ether oxygens (including phenoxy) is 1. The van der Waals surface area contributed by atoms with Crippen LogP contribution in [-0.2, 0) is 6.42 Å². The Kier molecular flexibility index (Phi) is 5.03. The summed E-state index contributed by atoms with van der Waals surface area (Å²) in [5.41, 5.74) is 0.955. The second-order valence-electron chi connectivity index (χ2n) is 3.93. The van der Waals surface area contributed by atoms with Crippen molar-refractivity contribution in [1.29, 1.82) is 0 Å². The molecule has 2 nitrogen and oxygen atoms in total. The number of hydrogen-bond acceptors (Lipinski definition) is 2. The summed E-state index contributed by atoms with van der Waals surface area (Å²) >= 11 is 0. The number of benzene rings is 1. The van der Waals surface area contributed by atoms with Gasteiger partial charge in [0, 0.05) is 6.04 Å². The lowest BCUT2D eigenvalue weighted by atomic mass is 10.0. The Morgan fingerprint density at radius 3 is 2.94 bits per heavy atom. The summed E-state index contributed by atoms with van der Waals surface area (Å²) in [4.78, 5) is 0. The zero-order chi connectivity index (χ0) is 10.7. The number of para-hydroxylation sites is 1. The topological polar surface area (TPSA) is 21.3 Å². The summed E-state index contributed by atoms with van der Waals surface area (Å²) in [6.07, 6.45) is 3.23. The summed E-state index contributed by atoms with van der Waals surface area (Å²) in [5.74, 6) is 0.124. The number of nitrogens with one attached hydrogen (secondary N) is 1. The molecule has 1 aromatic rings. The molecule has 1 fully saturated rings. The van der Waals surface area contributed by atoms with E-state index in [9.17, 15) is 4.39 Å². The highest BCUT2D eigenvalue weighted by Crippen LogP contribution is 2.24. The van der Waals surface area contributed by atoms with Crippen molar-refractivity contribution in [2.24, 2.45) is 0 Å². The van der Waals surface area contributed by atoms with Crippen molar-refractivity contribution in [3.63, 3.8) is 0 Å². The molecule has 1 aliphatic rings. The highest BCUT2D eigenvalue weighted by molar-refractivity contribution is 5.85. The van der Waals surface area contributed by atoms with Crippen LogP contribution in [0.3, 0.4) is 0 Å². The van der Waals surface area contributed by atoms with Crippen molar-refractivity contribution in [1.82, 2.24) is 5.32 Å². The summed E-state index contributed by atoms with van der Waals surface area (Å²) in [7, 11) is 1.52. The Labute approximate surface area is 102 Å². The van der Waals surface area contributed by atoms with Crippen LogP contribution < -0.4 is 10.1 Å². The first-order valence-electron chi connectivity index (χ1n) is 5.36. The molecule has 0 radical (unpaired) electrons. The second kappa shape index (κ2) is 6.06. The number of hydrogen-bond donors (Lipinski definition) is 1. The zero-order valence-electron chi connectivity index (χ0n) is 9.33. The van der Waals surface area contributed by atoms with Crippen molar-refractivity contribution < 1.29 is 9.13 Å². The van der Waals surface area contributed by atoms with Gasteiger partial charge in [-0.2, -0.15) is 0 Å². The molecule has 1 saturated heterocycles. The average Bonchev–Trinajstić information content (AvgIpc) is 2.71. The molecule has 90 valence electrons. The maximum absolute atomic E-state index is 13.4. The highest BCUT2D eigenvalue weighted by Gasteiger charge is 2.17. The van der Waals surface area contributed by atoms with E-state index in [1.165, 1.54) is 26.0 Å². The van der Waals surface area contributed by atoms with E-state index in [0.29, 0.717) is 11.8 Å². The van der Waals surface area contributed by atoms with E-state index in [4.69, 9.17) is 4.74 Å². The van der Waals surface area contributed by atoms with E-state index in [2.05, 4.69) is 5.32 Å². The molecular weight excluding hydrogens is 229 g/mol. The zero-order valence-corrected chi connectivity index (χ0v) is 10.1. The fourth-order valence-electron chi connectivity index (χ4n) is 2.14. The first-order chi connectivity index (χ1) is 7.31. The van der Waals surface area contributed by atoms with Gasteiger partial charge in [-0.3, -0.25) is 0 Å². The SMILES string of the molecule is COc1c(F)cccc1CC1CCCN1.Cl. The van der Waals surface area contributed by atoms with Crippen LogP contribution in [-0.4, -0.2) is 19.7 Å². The Morgan fingerprint density at radius 2 is 2.31 bits per heavy atom. The standard InChI is InChI=1S/C12H16FNO.ClH/c1-15-12-9(4-2-6-11(12)13)8-10-5-3-7-14-10;/h2,4,6,10,14H,3,5,7-8H2,1H3;1H. The molecule has 0 bridgehead atoms. The third-order valence-corrected chi connectivity index (χ3v) is 2.88. The maximum atomic E-state index is 13.4. The monoisotopic (exact) mass is 245 g/mol. The third-order valence-electron chi connectivity index (χ3n) is 2.88. The normalized spacial score (nSPS) is 19.2. The predicted molar refractivity (Wildman–Crippen MR) is 64.9 cm³/mol. The molecule has 1 heterocycles. The van der Waals surface area contributed by atoms with Crippen LogP contribution in [0.25, 0.3) is 0 Å². The van der Waals surface area contributed by atoms with Crippen LogP contribution in [0.1, 0.15) is 18.4 Å². The molecule has 4 heteroatoms. The minimum Gasteiger partial charge on any atom is -0.493 e. The molecule has 1 unspecified atom stereocenters. The molecular formula is C12H17ClFNO. The molecule has 0 aromatic heterocycles. The molecule has 1 N–H and O–H groups in total. The first kappa shape index (κ1) is 13.3. The van der Waals surface area contributed by atoms with Gasteiger partial charge in [0.05, 0.1) is 7.11 Å². The lowest BCUT2D eigenvalue weighted by Crippen LogP contribution is -2.23. The second-order valence-corrected chi connectivity index (χ2v) is 3.93. The largest absolute Gasteiger partial charge is 0.493 e. The van der Waals surface area contributed by atoms with Gasteiger partial charge < -0.3 is 10.1 Å². The quantitative estimate of drug-likeness (QED) is 0.884. The smallest absolute Gasteiger partial charge is 0.165 e. The van der Waals surface area contributed by atoms with Gasteiger partial charge in [-0.15, -0.1) is 12.4 Å². The number of rotatable bonds is 3. The van der Waals surface area contributed by atoms with E-state index < -0.39 is 0 Å². The summed E-state index contributed by atoms with van der Waals surface area (Å²) in [6, 6.07) is 5.58. The van der Waals surface area contributed by atoms with E-state index in [-0.39, 0.29) is 18.2 Å². The summed E-state index contributed by atoms with van der Waals surface area (Å²) in [5, 5.41) is 3.40. The van der Waals surface area contributed by atoms with E-state index in [1.54, 1.807) is 6.07 Å². The first-order valence-corrected chi connectivity index (χ1v) is 5.36. The molecule has 16 heavy (non-hydrogen) atoms. The summed E-state index contributed by atoms with van der Waals surface area (Å²) in [6.45, 7) is 1.07. The fraction of sp³-hybridized carbons (Fsp3) is 0.500. The molecule has 1 aromatic carbocycles. The van der Waals surface area contributed by atoms with Crippen molar-refractivity contribution in [2.45, 2.75) is 25.3 Å². The molecule has 0 amide bonds. The Hall–Kier alpha value is -0.800. The van der Waals surface area contributed by atoms with Gasteiger partial charge in [0.2, 0.25) is 0 Å². The van der Waals surface area contributed by atoms with Crippen LogP contribution in [0.2, 0.25) is 0 Å². The van der Waals surface area contributed by atoms with Gasteiger partial charge in [-0.05, 0) is 37.4 Å². The lowest BCUT2D eigenvalue weighted by molar-refractivity contribution is 0.379. The van der Waals surface area contributed by atoms with Gasteiger partial charge in [0.25, 0.3) is 0 Å². The number of methoxy groups -OCH3 is 1. The van der Waals surface area contributed by atoms with Gasteiger partial charge in [-0.1, -0.05) is 12.1 Å². The van der Waals surface area contributed by atoms with E-state index >= 15 is 0 Å². The van der Waals surface area contributed by atoms with Crippen LogP contribution in [0.15, 0.2) is 18.2 Å². The van der Waals surface area contributed by atoms with Crippen LogP contribution in [0.5, 0.6) is 5.75 Å². The Morgan fingerprint density at radius 1 is 1.50 bits per heavy atom. The lowest BCUT2D eigenvalue weighted by Gasteiger charge is -2.13. The highest BCUT2D eigenvalue weighted by atomic mass is 35.5. The van der Waals surface area contributed by atoms with Gasteiger partial charge in [-0.25, -0.2) is 4.39 Å². The Bertz CT molecular complexity index is 340. The van der Waals surface area contributed by atoms with Crippen LogP contribution in [0.4, 0.5) is 4.39 Å². The van der Waals surface area contributed by atoms with E-state index in [1.807, 2.05) is 6.07 Å². The molecule has 0 spiro atoms. The van der Waals surface area contributed by atoms with Crippen LogP contribution >= 0.6 is 12.4 Å².